The summed E-state index contributed by atoms with van der Waals surface area (Å²) in [6.07, 6.45) is 1.37. The number of hydrogen-bond acceptors (Lipinski definition) is 2. The van der Waals surface area contributed by atoms with E-state index in [1.165, 1.54) is 5.56 Å². The zero-order chi connectivity index (χ0) is 10.8. The van der Waals surface area contributed by atoms with Crippen LogP contribution in [0.1, 0.15) is 25.3 Å². The zero-order valence-corrected chi connectivity index (χ0v) is 8.79. The van der Waals surface area contributed by atoms with E-state index < -0.39 is 0 Å². The molecule has 0 radical (unpaired) electrons. The Morgan fingerprint density at radius 1 is 1.36 bits per heavy atom. The Kier molecular flexibility index (Phi) is 7.46. The van der Waals surface area contributed by atoms with Gasteiger partial charge in [-0.25, -0.2) is 5.84 Å². The first-order valence-electron chi connectivity index (χ1n) is 4.71. The van der Waals surface area contributed by atoms with Crippen LogP contribution < -0.4 is 11.3 Å². The molecular formula is C11H18N2O. The van der Waals surface area contributed by atoms with Gasteiger partial charge in [0.1, 0.15) is 0 Å². The normalized spacial score (nSPS) is 8.50. The number of nitrogens with two attached hydrogens (primary N) is 1. The Balaban J connectivity index is 0.000000241. The molecule has 0 heterocycles. The second kappa shape index (κ2) is 8.26. The van der Waals surface area contributed by atoms with Crippen LogP contribution in [0.2, 0.25) is 0 Å². The monoisotopic (exact) mass is 194 g/mol. The summed E-state index contributed by atoms with van der Waals surface area (Å²) in [5, 5.41) is 0. The molecular weight excluding hydrogens is 176 g/mol. The van der Waals surface area contributed by atoms with Crippen LogP contribution in [-0.2, 0) is 4.79 Å². The molecule has 3 N–H and O–H groups in total. The zero-order valence-electron chi connectivity index (χ0n) is 8.79. The molecule has 0 fully saturated rings. The minimum atomic E-state index is -0.0949. The Morgan fingerprint density at radius 2 is 1.93 bits per heavy atom. The molecule has 0 aliphatic rings. The highest BCUT2D eigenvalue weighted by atomic mass is 16.2. The summed E-state index contributed by atoms with van der Waals surface area (Å²) in [5.41, 5.74) is 3.35. The van der Waals surface area contributed by atoms with Crippen molar-refractivity contribution in [2.24, 2.45) is 5.84 Å². The van der Waals surface area contributed by atoms with Gasteiger partial charge in [-0.1, -0.05) is 42.8 Å². The molecule has 0 aliphatic carbocycles. The van der Waals surface area contributed by atoms with Gasteiger partial charge >= 0.3 is 0 Å². The number of amides is 1. The molecule has 78 valence electrons. The molecule has 3 heteroatoms. The van der Waals surface area contributed by atoms with Crippen molar-refractivity contribution in [1.29, 1.82) is 0 Å². The lowest BCUT2D eigenvalue weighted by molar-refractivity contribution is -0.121. The second-order valence-electron chi connectivity index (χ2n) is 2.97. The first-order valence-corrected chi connectivity index (χ1v) is 4.71. The van der Waals surface area contributed by atoms with Gasteiger partial charge < -0.3 is 0 Å². The van der Waals surface area contributed by atoms with Crippen LogP contribution in [0.15, 0.2) is 30.3 Å². The van der Waals surface area contributed by atoms with Crippen molar-refractivity contribution in [3.05, 3.63) is 35.9 Å². The van der Waals surface area contributed by atoms with E-state index in [1.807, 2.05) is 30.5 Å². The van der Waals surface area contributed by atoms with Gasteiger partial charge in [-0.05, 0) is 13.3 Å². The van der Waals surface area contributed by atoms with Crippen LogP contribution in [0.5, 0.6) is 0 Å². The molecule has 1 amide bonds. The Labute approximate surface area is 85.3 Å². The molecule has 0 atom stereocenters. The van der Waals surface area contributed by atoms with Crippen LogP contribution in [-0.4, -0.2) is 5.91 Å². The summed E-state index contributed by atoms with van der Waals surface area (Å²) >= 11 is 0. The molecule has 0 aromatic heterocycles. The smallest absolute Gasteiger partial charge is 0.233 e. The SMILES string of the molecule is CCCC(=O)NN.Cc1ccccc1. The van der Waals surface area contributed by atoms with Crippen molar-refractivity contribution < 1.29 is 4.79 Å². The van der Waals surface area contributed by atoms with E-state index in [4.69, 9.17) is 5.84 Å². The summed E-state index contributed by atoms with van der Waals surface area (Å²) in [5.74, 6) is 4.66. The Bertz CT molecular complexity index is 247. The topological polar surface area (TPSA) is 55.1 Å². The van der Waals surface area contributed by atoms with Gasteiger partial charge in [-0.15, -0.1) is 0 Å². The molecule has 1 aromatic rings. The predicted octanol–water partition coefficient (Wildman–Crippen LogP) is 1.77. The van der Waals surface area contributed by atoms with Gasteiger partial charge in [0, 0.05) is 6.42 Å². The summed E-state index contributed by atoms with van der Waals surface area (Å²) in [6.45, 7) is 4.01. The van der Waals surface area contributed by atoms with Gasteiger partial charge in [0.05, 0.1) is 0 Å². The Morgan fingerprint density at radius 3 is 2.14 bits per heavy atom. The maximum absolute atomic E-state index is 10.2. The highest BCUT2D eigenvalue weighted by Gasteiger charge is 1.90. The van der Waals surface area contributed by atoms with Gasteiger partial charge in [-0.2, -0.15) is 0 Å². The molecule has 0 spiro atoms. The van der Waals surface area contributed by atoms with Gasteiger partial charge in [0.15, 0.2) is 0 Å². The third-order valence-electron chi connectivity index (χ3n) is 1.58. The summed E-state index contributed by atoms with van der Waals surface area (Å²) in [6, 6.07) is 10.3. The van der Waals surface area contributed by atoms with Crippen molar-refractivity contribution in [3.63, 3.8) is 0 Å². The third kappa shape index (κ3) is 7.31. The molecule has 0 aliphatic heterocycles. The first kappa shape index (κ1) is 12.7. The van der Waals surface area contributed by atoms with Crippen LogP contribution >= 0.6 is 0 Å². The number of rotatable bonds is 2. The van der Waals surface area contributed by atoms with E-state index >= 15 is 0 Å². The fraction of sp³-hybridized carbons (Fsp3) is 0.364. The van der Waals surface area contributed by atoms with E-state index in [-0.39, 0.29) is 5.91 Å². The lowest BCUT2D eigenvalue weighted by Crippen LogP contribution is -2.29. The van der Waals surface area contributed by atoms with Crippen molar-refractivity contribution >= 4 is 5.91 Å². The van der Waals surface area contributed by atoms with E-state index in [9.17, 15) is 4.79 Å². The highest BCUT2D eigenvalue weighted by molar-refractivity contribution is 5.74. The van der Waals surface area contributed by atoms with Crippen molar-refractivity contribution in [2.75, 3.05) is 0 Å². The molecule has 1 aromatic carbocycles. The molecule has 14 heavy (non-hydrogen) atoms. The van der Waals surface area contributed by atoms with E-state index in [2.05, 4.69) is 19.1 Å². The summed E-state index contributed by atoms with van der Waals surface area (Å²) in [4.78, 5) is 10.2. The number of hydrogen-bond donors (Lipinski definition) is 2. The van der Waals surface area contributed by atoms with Crippen LogP contribution in [0, 0.1) is 6.92 Å². The minimum Gasteiger partial charge on any atom is -0.294 e. The van der Waals surface area contributed by atoms with E-state index in [0.29, 0.717) is 6.42 Å². The first-order chi connectivity index (χ1) is 6.70. The van der Waals surface area contributed by atoms with Crippen LogP contribution in [0.3, 0.4) is 0 Å². The maximum atomic E-state index is 10.2. The number of aryl methyl sites for hydroxylation is 1. The predicted molar refractivity (Wildman–Crippen MR) is 58.4 cm³/mol. The average Bonchev–Trinajstić information content (AvgIpc) is 2.20. The highest BCUT2D eigenvalue weighted by Crippen LogP contribution is 1.92. The molecule has 0 saturated carbocycles. The van der Waals surface area contributed by atoms with Gasteiger partial charge in [0.2, 0.25) is 5.91 Å². The molecule has 0 bridgehead atoms. The average molecular weight is 194 g/mol. The van der Waals surface area contributed by atoms with Crippen LogP contribution in [0.4, 0.5) is 0 Å². The quantitative estimate of drug-likeness (QED) is 0.428. The third-order valence-corrected chi connectivity index (χ3v) is 1.58. The van der Waals surface area contributed by atoms with Crippen molar-refractivity contribution in [2.45, 2.75) is 26.7 Å². The van der Waals surface area contributed by atoms with Crippen molar-refractivity contribution in [3.8, 4) is 0 Å². The lowest BCUT2D eigenvalue weighted by Gasteiger charge is -1.91. The molecule has 0 unspecified atom stereocenters. The number of carbonyl (C=O) groups is 1. The van der Waals surface area contributed by atoms with Gasteiger partial charge in [0.25, 0.3) is 0 Å². The number of nitrogens with one attached hydrogen (secondary N) is 1. The maximum Gasteiger partial charge on any atom is 0.233 e. The fourth-order valence-corrected chi connectivity index (χ4v) is 0.834. The number of hydrazine groups is 1. The molecule has 3 nitrogen and oxygen atoms in total. The lowest BCUT2D eigenvalue weighted by atomic mass is 10.2. The second-order valence-corrected chi connectivity index (χ2v) is 2.97. The molecule has 1 rings (SSSR count). The van der Waals surface area contributed by atoms with Gasteiger partial charge in [-0.3, -0.25) is 10.2 Å². The number of benzene rings is 1. The Hall–Kier alpha value is -1.35. The minimum absolute atomic E-state index is 0.0949. The standard InChI is InChI=1S/C7H8.C4H10N2O/c1-7-5-3-2-4-6-7;1-2-3-4(7)6-5/h2-6H,1H3;2-3,5H2,1H3,(H,6,7). The molecule has 0 saturated heterocycles. The number of carbonyl (C=O) groups excluding carboxylic acids is 1. The van der Waals surface area contributed by atoms with E-state index in [0.717, 1.165) is 6.42 Å². The summed E-state index contributed by atoms with van der Waals surface area (Å²) in [7, 11) is 0. The van der Waals surface area contributed by atoms with Crippen molar-refractivity contribution in [1.82, 2.24) is 5.43 Å². The fourth-order valence-electron chi connectivity index (χ4n) is 0.834. The van der Waals surface area contributed by atoms with E-state index in [1.54, 1.807) is 0 Å². The van der Waals surface area contributed by atoms with Crippen LogP contribution in [0.25, 0.3) is 0 Å². The summed E-state index contributed by atoms with van der Waals surface area (Å²) < 4.78 is 0. The largest absolute Gasteiger partial charge is 0.294 e.